The highest BCUT2D eigenvalue weighted by Gasteiger charge is 2.06. The molecule has 0 amide bonds. The number of hydrogen-bond acceptors (Lipinski definition) is 1. The molecule has 0 fully saturated rings. The van der Waals surface area contributed by atoms with Crippen molar-refractivity contribution in [1.82, 2.24) is 0 Å². The average molecular weight is 368 g/mol. The van der Waals surface area contributed by atoms with Gasteiger partial charge in [0.15, 0.2) is 0 Å². The molecule has 3 aromatic rings. The molecule has 0 N–H and O–H groups in total. The van der Waals surface area contributed by atoms with Gasteiger partial charge < -0.3 is 4.74 Å². The zero-order valence-electron chi connectivity index (χ0n) is 16.5. The molecule has 0 aliphatic carbocycles. The normalized spacial score (nSPS) is 9.75. The first-order chi connectivity index (χ1) is 13.5. The van der Waals surface area contributed by atoms with Gasteiger partial charge in [0.1, 0.15) is 11.6 Å². The number of ether oxygens (including phenoxy) is 1. The van der Waals surface area contributed by atoms with Crippen LogP contribution in [0, 0.1) is 50.3 Å². The molecule has 0 saturated heterocycles. The lowest BCUT2D eigenvalue weighted by molar-refractivity contribution is 0.413. The lowest BCUT2D eigenvalue weighted by atomic mass is 10.0. The van der Waals surface area contributed by atoms with Crippen LogP contribution in [0.3, 0.4) is 0 Å². The van der Waals surface area contributed by atoms with Crippen molar-refractivity contribution in [2.24, 2.45) is 0 Å². The Morgan fingerprint density at radius 2 is 1.32 bits per heavy atom. The maximum Gasteiger partial charge on any atom is 0.139 e. The SMILES string of the molecule is COc1cc(C#Cc2ccc(C)cc2F)c(C)cc1C#Cc1ccc(C)cc1. The van der Waals surface area contributed by atoms with Crippen molar-refractivity contribution in [3.63, 3.8) is 0 Å². The minimum Gasteiger partial charge on any atom is -0.495 e. The maximum atomic E-state index is 14.0. The van der Waals surface area contributed by atoms with E-state index in [0.717, 1.165) is 27.8 Å². The standard InChI is InChI=1S/C26H21FO/c1-18-5-8-21(9-6-18)10-12-24-16-20(3)23(17-26(24)28-4)14-13-22-11-7-19(2)15-25(22)27/h5-9,11,15-17H,1-4H3. The molecule has 28 heavy (non-hydrogen) atoms. The smallest absolute Gasteiger partial charge is 0.139 e. The van der Waals surface area contributed by atoms with E-state index in [1.54, 1.807) is 13.2 Å². The van der Waals surface area contributed by atoms with Gasteiger partial charge in [-0.3, -0.25) is 0 Å². The fourth-order valence-electron chi connectivity index (χ4n) is 2.72. The van der Waals surface area contributed by atoms with Crippen LogP contribution in [0.1, 0.15) is 38.9 Å². The molecule has 3 aromatic carbocycles. The first-order valence-electron chi connectivity index (χ1n) is 9.02. The van der Waals surface area contributed by atoms with Gasteiger partial charge in [0.05, 0.1) is 18.2 Å². The van der Waals surface area contributed by atoms with E-state index in [1.807, 2.05) is 63.2 Å². The Labute approximate surface area is 166 Å². The molecule has 138 valence electrons. The summed E-state index contributed by atoms with van der Waals surface area (Å²) in [5, 5.41) is 0. The summed E-state index contributed by atoms with van der Waals surface area (Å²) in [6.45, 7) is 5.86. The molecule has 3 rings (SSSR count). The molecule has 0 bridgehead atoms. The molecule has 0 unspecified atom stereocenters. The number of benzene rings is 3. The van der Waals surface area contributed by atoms with Gasteiger partial charge in [-0.2, -0.15) is 0 Å². The first kappa shape index (κ1) is 19.3. The third-order valence-corrected chi connectivity index (χ3v) is 4.40. The van der Waals surface area contributed by atoms with E-state index < -0.39 is 0 Å². The highest BCUT2D eigenvalue weighted by molar-refractivity contribution is 5.57. The monoisotopic (exact) mass is 368 g/mol. The number of aryl methyl sites for hydroxylation is 3. The predicted molar refractivity (Wildman–Crippen MR) is 112 cm³/mol. The van der Waals surface area contributed by atoms with E-state index in [2.05, 4.69) is 23.7 Å². The van der Waals surface area contributed by atoms with Crippen LogP contribution in [-0.4, -0.2) is 7.11 Å². The van der Waals surface area contributed by atoms with Crippen LogP contribution in [-0.2, 0) is 0 Å². The fraction of sp³-hybridized carbons (Fsp3) is 0.154. The highest BCUT2D eigenvalue weighted by Crippen LogP contribution is 2.23. The third kappa shape index (κ3) is 4.61. The van der Waals surface area contributed by atoms with Crippen LogP contribution in [0.15, 0.2) is 54.6 Å². The second kappa shape index (κ2) is 8.47. The molecule has 0 saturated carbocycles. The van der Waals surface area contributed by atoms with Crippen LogP contribution >= 0.6 is 0 Å². The summed E-state index contributed by atoms with van der Waals surface area (Å²) in [4.78, 5) is 0. The largest absolute Gasteiger partial charge is 0.495 e. The topological polar surface area (TPSA) is 9.23 Å². The van der Waals surface area contributed by atoms with E-state index in [4.69, 9.17) is 4.74 Å². The molecular formula is C26H21FO. The Morgan fingerprint density at radius 3 is 2.00 bits per heavy atom. The number of methoxy groups -OCH3 is 1. The zero-order valence-corrected chi connectivity index (χ0v) is 16.5. The zero-order chi connectivity index (χ0) is 20.1. The second-order valence-electron chi connectivity index (χ2n) is 6.72. The van der Waals surface area contributed by atoms with Gasteiger partial charge in [-0.25, -0.2) is 4.39 Å². The average Bonchev–Trinajstić information content (AvgIpc) is 2.68. The minimum absolute atomic E-state index is 0.308. The van der Waals surface area contributed by atoms with Crippen molar-refractivity contribution in [3.05, 3.63) is 99.4 Å². The molecular weight excluding hydrogens is 347 g/mol. The fourth-order valence-corrected chi connectivity index (χ4v) is 2.72. The first-order valence-corrected chi connectivity index (χ1v) is 9.02. The highest BCUT2D eigenvalue weighted by atomic mass is 19.1. The summed E-state index contributed by atoms with van der Waals surface area (Å²) in [5.74, 6) is 12.7. The third-order valence-electron chi connectivity index (χ3n) is 4.40. The molecule has 1 nitrogen and oxygen atoms in total. The molecule has 0 aliphatic heterocycles. The summed E-state index contributed by atoms with van der Waals surface area (Å²) in [7, 11) is 1.61. The van der Waals surface area contributed by atoms with Gasteiger partial charge in [0.25, 0.3) is 0 Å². The summed E-state index contributed by atoms with van der Waals surface area (Å²) >= 11 is 0. The molecule has 0 heterocycles. The predicted octanol–water partition coefficient (Wildman–Crippen LogP) is 5.56. The molecule has 0 spiro atoms. The lowest BCUT2D eigenvalue weighted by Crippen LogP contribution is -1.93. The van der Waals surface area contributed by atoms with Crippen molar-refractivity contribution in [2.75, 3.05) is 7.11 Å². The Kier molecular flexibility index (Phi) is 5.83. The maximum absolute atomic E-state index is 14.0. The van der Waals surface area contributed by atoms with E-state index in [-0.39, 0.29) is 5.82 Å². The second-order valence-corrected chi connectivity index (χ2v) is 6.72. The minimum atomic E-state index is -0.308. The van der Waals surface area contributed by atoms with Crippen molar-refractivity contribution in [3.8, 4) is 29.4 Å². The van der Waals surface area contributed by atoms with E-state index in [1.165, 1.54) is 11.6 Å². The molecule has 2 heteroatoms. The lowest BCUT2D eigenvalue weighted by Gasteiger charge is -2.07. The van der Waals surface area contributed by atoms with Gasteiger partial charge in [-0.15, -0.1) is 0 Å². The van der Waals surface area contributed by atoms with E-state index in [0.29, 0.717) is 11.3 Å². The number of hydrogen-bond donors (Lipinski definition) is 0. The number of halogens is 1. The van der Waals surface area contributed by atoms with Crippen LogP contribution in [0.5, 0.6) is 5.75 Å². The Morgan fingerprint density at radius 1 is 0.679 bits per heavy atom. The Balaban J connectivity index is 1.94. The quantitative estimate of drug-likeness (QED) is 0.511. The number of rotatable bonds is 1. The summed E-state index contributed by atoms with van der Waals surface area (Å²) < 4.78 is 19.5. The summed E-state index contributed by atoms with van der Waals surface area (Å²) in [5.41, 5.74) is 5.96. The van der Waals surface area contributed by atoms with Crippen LogP contribution in [0.2, 0.25) is 0 Å². The summed E-state index contributed by atoms with van der Waals surface area (Å²) in [6.07, 6.45) is 0. The Bertz CT molecular complexity index is 1130. The molecule has 0 aliphatic rings. The van der Waals surface area contributed by atoms with E-state index in [9.17, 15) is 4.39 Å². The van der Waals surface area contributed by atoms with Crippen molar-refractivity contribution in [1.29, 1.82) is 0 Å². The van der Waals surface area contributed by atoms with Crippen LogP contribution in [0.25, 0.3) is 0 Å². The van der Waals surface area contributed by atoms with Crippen molar-refractivity contribution < 1.29 is 9.13 Å². The van der Waals surface area contributed by atoms with Gasteiger partial charge in [0.2, 0.25) is 0 Å². The van der Waals surface area contributed by atoms with Gasteiger partial charge in [0, 0.05) is 11.1 Å². The van der Waals surface area contributed by atoms with E-state index >= 15 is 0 Å². The van der Waals surface area contributed by atoms with Crippen molar-refractivity contribution >= 4 is 0 Å². The molecule has 0 atom stereocenters. The Hall–Kier alpha value is -3.49. The van der Waals surface area contributed by atoms with Crippen LogP contribution < -0.4 is 4.74 Å². The van der Waals surface area contributed by atoms with Crippen LogP contribution in [0.4, 0.5) is 4.39 Å². The molecule has 0 aromatic heterocycles. The summed E-state index contributed by atoms with van der Waals surface area (Å²) in [6, 6.07) is 16.9. The van der Waals surface area contributed by atoms with Gasteiger partial charge in [-0.1, -0.05) is 47.4 Å². The molecule has 0 radical (unpaired) electrons. The van der Waals surface area contributed by atoms with Gasteiger partial charge in [-0.05, 0) is 68.3 Å². The van der Waals surface area contributed by atoms with Gasteiger partial charge >= 0.3 is 0 Å². The van der Waals surface area contributed by atoms with Crippen molar-refractivity contribution in [2.45, 2.75) is 20.8 Å².